The van der Waals surface area contributed by atoms with E-state index in [1.165, 1.54) is 18.4 Å². The summed E-state index contributed by atoms with van der Waals surface area (Å²) in [5.41, 5.74) is 1.19. The smallest absolute Gasteiger partial charge is 0.147 e. The quantitative estimate of drug-likeness (QED) is 0.481. The molecule has 2 heteroatoms. The van der Waals surface area contributed by atoms with Gasteiger partial charge in [0.05, 0.1) is 6.61 Å². The Balaban J connectivity index is 1.93. The number of unbranched alkanes of at least 4 members (excludes halogenated alkanes) is 2. The molecule has 15 heavy (non-hydrogen) atoms. The molecule has 0 aliphatic carbocycles. The molecule has 1 rings (SSSR count). The monoisotopic (exact) mass is 208 g/mol. The second kappa shape index (κ2) is 8.45. The average molecular weight is 208 g/mol. The Morgan fingerprint density at radius 1 is 1.00 bits per heavy atom. The molecular weight excluding hydrogens is 188 g/mol. The minimum absolute atomic E-state index is 0.401. The zero-order valence-corrected chi connectivity index (χ0v) is 9.45. The van der Waals surface area contributed by atoms with Crippen LogP contribution >= 0.6 is 0 Å². The summed E-state index contributed by atoms with van der Waals surface area (Å²) in [7, 11) is 0. The Bertz CT molecular complexity index is 234. The molecule has 0 radical (unpaired) electrons. The van der Waals surface area contributed by atoms with E-state index in [0.29, 0.717) is 13.4 Å². The van der Waals surface area contributed by atoms with Crippen LogP contribution < -0.4 is 0 Å². The molecule has 0 bridgehead atoms. The van der Waals surface area contributed by atoms with Crippen LogP contribution in [0.1, 0.15) is 31.7 Å². The first-order valence-corrected chi connectivity index (χ1v) is 5.63. The van der Waals surface area contributed by atoms with Gasteiger partial charge in [-0.25, -0.2) is 0 Å². The largest absolute Gasteiger partial charge is 0.355 e. The van der Waals surface area contributed by atoms with Crippen LogP contribution in [0.5, 0.6) is 0 Å². The molecule has 1 aromatic rings. The SMILES string of the molecule is CCCCCOCOCc1ccccc1. The van der Waals surface area contributed by atoms with E-state index < -0.39 is 0 Å². The second-order valence-electron chi connectivity index (χ2n) is 3.57. The summed E-state index contributed by atoms with van der Waals surface area (Å²) in [6, 6.07) is 10.1. The molecule has 0 saturated carbocycles. The highest BCUT2D eigenvalue weighted by Crippen LogP contribution is 2.00. The summed E-state index contributed by atoms with van der Waals surface area (Å²) in [5, 5.41) is 0. The van der Waals surface area contributed by atoms with Crippen LogP contribution in [0, 0.1) is 0 Å². The Morgan fingerprint density at radius 3 is 2.53 bits per heavy atom. The summed E-state index contributed by atoms with van der Waals surface area (Å²) in [6.07, 6.45) is 3.60. The number of hydrogen-bond acceptors (Lipinski definition) is 2. The average Bonchev–Trinajstić information content (AvgIpc) is 2.29. The van der Waals surface area contributed by atoms with Crippen LogP contribution in [0.25, 0.3) is 0 Å². The van der Waals surface area contributed by atoms with Gasteiger partial charge in [0.15, 0.2) is 0 Å². The zero-order chi connectivity index (χ0) is 10.8. The standard InChI is InChI=1S/C13H20O2/c1-2-3-7-10-14-12-15-11-13-8-5-4-6-9-13/h4-6,8-9H,2-3,7,10-12H2,1H3. The third-order valence-electron chi connectivity index (χ3n) is 2.17. The van der Waals surface area contributed by atoms with Crippen LogP contribution in [0.4, 0.5) is 0 Å². The lowest BCUT2D eigenvalue weighted by Gasteiger charge is -2.05. The third kappa shape index (κ3) is 6.26. The van der Waals surface area contributed by atoms with Crippen LogP contribution in [0.15, 0.2) is 30.3 Å². The summed E-state index contributed by atoms with van der Waals surface area (Å²) in [4.78, 5) is 0. The maximum absolute atomic E-state index is 5.38. The van der Waals surface area contributed by atoms with Gasteiger partial charge in [0, 0.05) is 6.61 Å². The van der Waals surface area contributed by atoms with Crippen molar-refractivity contribution < 1.29 is 9.47 Å². The fraction of sp³-hybridized carbons (Fsp3) is 0.538. The van der Waals surface area contributed by atoms with Crippen molar-refractivity contribution in [2.24, 2.45) is 0 Å². The first kappa shape index (κ1) is 12.2. The highest BCUT2D eigenvalue weighted by molar-refractivity contribution is 5.13. The Morgan fingerprint density at radius 2 is 1.80 bits per heavy atom. The van der Waals surface area contributed by atoms with Gasteiger partial charge < -0.3 is 9.47 Å². The van der Waals surface area contributed by atoms with E-state index in [2.05, 4.69) is 19.1 Å². The topological polar surface area (TPSA) is 18.5 Å². The molecule has 0 spiro atoms. The summed E-state index contributed by atoms with van der Waals surface area (Å²) in [5.74, 6) is 0. The summed E-state index contributed by atoms with van der Waals surface area (Å²) in [6.45, 7) is 4.03. The first-order valence-electron chi connectivity index (χ1n) is 5.63. The molecule has 0 atom stereocenters. The fourth-order valence-electron chi connectivity index (χ4n) is 1.31. The molecule has 0 aliphatic rings. The van der Waals surface area contributed by atoms with Crippen molar-refractivity contribution in [3.63, 3.8) is 0 Å². The second-order valence-corrected chi connectivity index (χ2v) is 3.57. The van der Waals surface area contributed by atoms with Crippen molar-refractivity contribution >= 4 is 0 Å². The van der Waals surface area contributed by atoms with Gasteiger partial charge in [0.25, 0.3) is 0 Å². The molecule has 84 valence electrons. The highest BCUT2D eigenvalue weighted by Gasteiger charge is 1.91. The van der Waals surface area contributed by atoms with Crippen LogP contribution in [0.2, 0.25) is 0 Å². The normalized spacial score (nSPS) is 10.5. The zero-order valence-electron chi connectivity index (χ0n) is 9.45. The van der Waals surface area contributed by atoms with E-state index in [-0.39, 0.29) is 0 Å². The van der Waals surface area contributed by atoms with E-state index in [1.807, 2.05) is 18.2 Å². The molecule has 0 aromatic heterocycles. The summed E-state index contributed by atoms with van der Waals surface area (Å²) < 4.78 is 10.7. The lowest BCUT2D eigenvalue weighted by Crippen LogP contribution is -2.01. The Labute approximate surface area is 92.2 Å². The minimum Gasteiger partial charge on any atom is -0.355 e. The van der Waals surface area contributed by atoms with Crippen LogP contribution in [-0.2, 0) is 16.1 Å². The molecule has 0 heterocycles. The van der Waals surface area contributed by atoms with E-state index in [0.717, 1.165) is 13.0 Å². The van der Waals surface area contributed by atoms with E-state index in [4.69, 9.17) is 9.47 Å². The van der Waals surface area contributed by atoms with E-state index in [1.54, 1.807) is 0 Å². The number of hydrogen-bond donors (Lipinski definition) is 0. The van der Waals surface area contributed by atoms with Gasteiger partial charge in [-0.3, -0.25) is 0 Å². The Hall–Kier alpha value is -0.860. The van der Waals surface area contributed by atoms with Gasteiger partial charge in [-0.05, 0) is 12.0 Å². The predicted molar refractivity (Wildman–Crippen MR) is 61.6 cm³/mol. The van der Waals surface area contributed by atoms with Crippen molar-refractivity contribution in [3.8, 4) is 0 Å². The maximum Gasteiger partial charge on any atom is 0.147 e. The molecule has 0 unspecified atom stereocenters. The van der Waals surface area contributed by atoms with Crippen molar-refractivity contribution in [1.82, 2.24) is 0 Å². The molecule has 0 amide bonds. The van der Waals surface area contributed by atoms with Gasteiger partial charge in [0.2, 0.25) is 0 Å². The minimum atomic E-state index is 0.401. The summed E-state index contributed by atoms with van der Waals surface area (Å²) >= 11 is 0. The van der Waals surface area contributed by atoms with Crippen LogP contribution in [0.3, 0.4) is 0 Å². The van der Waals surface area contributed by atoms with Gasteiger partial charge >= 0.3 is 0 Å². The lowest BCUT2D eigenvalue weighted by atomic mass is 10.2. The molecule has 2 nitrogen and oxygen atoms in total. The van der Waals surface area contributed by atoms with Crippen molar-refractivity contribution in [2.45, 2.75) is 32.8 Å². The first-order chi connectivity index (χ1) is 7.43. The van der Waals surface area contributed by atoms with Gasteiger partial charge in [-0.1, -0.05) is 50.1 Å². The molecular formula is C13H20O2. The fourth-order valence-corrected chi connectivity index (χ4v) is 1.31. The van der Waals surface area contributed by atoms with E-state index >= 15 is 0 Å². The van der Waals surface area contributed by atoms with Crippen molar-refractivity contribution in [3.05, 3.63) is 35.9 Å². The van der Waals surface area contributed by atoms with Gasteiger partial charge in [-0.15, -0.1) is 0 Å². The number of ether oxygens (including phenoxy) is 2. The maximum atomic E-state index is 5.38. The predicted octanol–water partition coefficient (Wildman–Crippen LogP) is 3.37. The molecule has 0 N–H and O–H groups in total. The number of benzene rings is 1. The van der Waals surface area contributed by atoms with Gasteiger partial charge in [-0.2, -0.15) is 0 Å². The molecule has 0 aliphatic heterocycles. The van der Waals surface area contributed by atoms with Crippen molar-refractivity contribution in [2.75, 3.05) is 13.4 Å². The highest BCUT2D eigenvalue weighted by atomic mass is 16.7. The Kier molecular flexibility index (Phi) is 6.88. The van der Waals surface area contributed by atoms with E-state index in [9.17, 15) is 0 Å². The van der Waals surface area contributed by atoms with Gasteiger partial charge in [0.1, 0.15) is 6.79 Å². The van der Waals surface area contributed by atoms with Crippen LogP contribution in [-0.4, -0.2) is 13.4 Å². The lowest BCUT2D eigenvalue weighted by molar-refractivity contribution is -0.0622. The molecule has 1 aromatic carbocycles. The number of rotatable bonds is 8. The molecule has 0 fully saturated rings. The van der Waals surface area contributed by atoms with Crippen molar-refractivity contribution in [1.29, 1.82) is 0 Å². The molecule has 0 saturated heterocycles. The third-order valence-corrected chi connectivity index (χ3v) is 2.17.